The van der Waals surface area contributed by atoms with Crippen LogP contribution < -0.4 is 4.74 Å². The Morgan fingerprint density at radius 1 is 1.17 bits per heavy atom. The molecule has 2 aromatic carbocycles. The van der Waals surface area contributed by atoms with E-state index in [1.165, 1.54) is 44.7 Å². The van der Waals surface area contributed by atoms with Crippen molar-refractivity contribution in [2.75, 3.05) is 20.8 Å². The van der Waals surface area contributed by atoms with Crippen molar-refractivity contribution >= 4 is 15.7 Å². The maximum Gasteiger partial charge on any atom is 0.254 e. The molecule has 0 bridgehead atoms. The molecule has 186 valence electrons. The Labute approximate surface area is 204 Å². The molecule has 1 saturated carbocycles. The minimum absolute atomic E-state index is 0.0511. The number of hydrogen-bond acceptors (Lipinski definition) is 6. The summed E-state index contributed by atoms with van der Waals surface area (Å²) >= 11 is 0. The summed E-state index contributed by atoms with van der Waals surface area (Å²) in [7, 11) is -0.739. The van der Waals surface area contributed by atoms with E-state index in [1.54, 1.807) is 33.7 Å². The quantitative estimate of drug-likeness (QED) is 0.400. The van der Waals surface area contributed by atoms with Gasteiger partial charge >= 0.3 is 0 Å². The summed E-state index contributed by atoms with van der Waals surface area (Å²) < 4.78 is 52.0. The molecule has 0 aliphatic heterocycles. The number of carbonyl (C=O) groups is 1. The number of halogens is 1. The molecule has 8 nitrogen and oxygen atoms in total. The van der Waals surface area contributed by atoms with E-state index in [0.717, 1.165) is 12.8 Å². The standard InChI is InChI=1S/C25H28FN3O5S/c1-33-13-12-28-22(16-29(21-10-11-21)24(30)19-6-8-20(26)9-7-19)15-27-25(28)35(31,32)17-18-4-3-5-23(14-18)34-2/h3-9,14-15,21H,10-13,16-17H2,1-2H3. The fourth-order valence-corrected chi connectivity index (χ4v) is 5.43. The van der Waals surface area contributed by atoms with E-state index in [-0.39, 0.29) is 42.6 Å². The van der Waals surface area contributed by atoms with Gasteiger partial charge in [-0.15, -0.1) is 0 Å². The van der Waals surface area contributed by atoms with Crippen molar-refractivity contribution in [3.63, 3.8) is 0 Å². The highest BCUT2D eigenvalue weighted by Gasteiger charge is 2.34. The predicted octanol–water partition coefficient (Wildman–Crippen LogP) is 3.46. The van der Waals surface area contributed by atoms with Gasteiger partial charge in [0.2, 0.25) is 15.0 Å². The van der Waals surface area contributed by atoms with E-state index in [9.17, 15) is 17.6 Å². The average Bonchev–Trinajstić information content (AvgIpc) is 3.60. The van der Waals surface area contributed by atoms with Gasteiger partial charge in [0.05, 0.1) is 37.9 Å². The van der Waals surface area contributed by atoms with Gasteiger partial charge in [0.15, 0.2) is 0 Å². The molecule has 1 amide bonds. The third kappa shape index (κ3) is 5.88. The van der Waals surface area contributed by atoms with E-state index < -0.39 is 15.7 Å². The molecule has 4 rings (SSSR count). The zero-order valence-corrected chi connectivity index (χ0v) is 20.5. The van der Waals surface area contributed by atoms with Gasteiger partial charge in [-0.3, -0.25) is 4.79 Å². The topological polar surface area (TPSA) is 90.7 Å². The molecule has 3 aromatic rings. The minimum Gasteiger partial charge on any atom is -0.497 e. The monoisotopic (exact) mass is 501 g/mol. The molecule has 1 aromatic heterocycles. The summed E-state index contributed by atoms with van der Waals surface area (Å²) in [6, 6.07) is 12.4. The highest BCUT2D eigenvalue weighted by molar-refractivity contribution is 7.90. The number of amides is 1. The Bertz CT molecular complexity index is 1290. The molecular formula is C25H28FN3O5S. The molecule has 0 spiro atoms. The molecule has 1 heterocycles. The van der Waals surface area contributed by atoms with Crippen molar-refractivity contribution < 1.29 is 27.1 Å². The number of carbonyl (C=O) groups excluding carboxylic acids is 1. The first-order chi connectivity index (χ1) is 16.8. The number of sulfone groups is 1. The van der Waals surface area contributed by atoms with Crippen molar-refractivity contribution in [2.45, 2.75) is 42.9 Å². The van der Waals surface area contributed by atoms with Crippen LogP contribution in [0.25, 0.3) is 0 Å². The van der Waals surface area contributed by atoms with Crippen molar-refractivity contribution in [2.24, 2.45) is 0 Å². The molecule has 10 heteroatoms. The number of methoxy groups -OCH3 is 2. The normalized spacial score (nSPS) is 13.6. The van der Waals surface area contributed by atoms with Crippen LogP contribution in [0.15, 0.2) is 59.9 Å². The van der Waals surface area contributed by atoms with Gasteiger partial charge in [0, 0.05) is 25.3 Å². The van der Waals surface area contributed by atoms with Crippen molar-refractivity contribution in [1.29, 1.82) is 0 Å². The number of ether oxygens (including phenoxy) is 2. The van der Waals surface area contributed by atoms with Gasteiger partial charge in [-0.05, 0) is 54.8 Å². The van der Waals surface area contributed by atoms with Crippen LogP contribution in [0.4, 0.5) is 4.39 Å². The summed E-state index contributed by atoms with van der Waals surface area (Å²) in [6.45, 7) is 0.731. The van der Waals surface area contributed by atoms with Gasteiger partial charge in [-0.2, -0.15) is 0 Å². The van der Waals surface area contributed by atoms with Crippen LogP contribution in [0.1, 0.15) is 34.5 Å². The Morgan fingerprint density at radius 2 is 1.91 bits per heavy atom. The number of aromatic nitrogens is 2. The molecule has 0 unspecified atom stereocenters. The molecule has 0 N–H and O–H groups in total. The number of imidazole rings is 1. The summed E-state index contributed by atoms with van der Waals surface area (Å²) in [4.78, 5) is 19.1. The van der Waals surface area contributed by atoms with E-state index >= 15 is 0 Å². The predicted molar refractivity (Wildman–Crippen MR) is 127 cm³/mol. The SMILES string of the molecule is COCCn1c(CN(C(=O)c2ccc(F)cc2)C2CC2)cnc1S(=O)(=O)Cc1cccc(OC)c1. The number of benzene rings is 2. The maximum absolute atomic E-state index is 13.3. The minimum atomic E-state index is -3.80. The zero-order valence-electron chi connectivity index (χ0n) is 19.7. The molecule has 0 radical (unpaired) electrons. The lowest BCUT2D eigenvalue weighted by molar-refractivity contribution is 0.0724. The lowest BCUT2D eigenvalue weighted by atomic mass is 10.2. The lowest BCUT2D eigenvalue weighted by Gasteiger charge is -2.23. The summed E-state index contributed by atoms with van der Waals surface area (Å²) in [5, 5.41) is -0.0719. The third-order valence-electron chi connectivity index (χ3n) is 5.86. The second kappa shape index (κ2) is 10.6. The summed E-state index contributed by atoms with van der Waals surface area (Å²) in [5.41, 5.74) is 1.55. The van der Waals surface area contributed by atoms with Crippen LogP contribution in [0, 0.1) is 5.82 Å². The second-order valence-electron chi connectivity index (χ2n) is 8.46. The van der Waals surface area contributed by atoms with E-state index in [1.807, 2.05) is 0 Å². The molecule has 1 aliphatic carbocycles. The first kappa shape index (κ1) is 24.9. The number of nitrogens with zero attached hydrogens (tertiary/aromatic N) is 3. The Morgan fingerprint density at radius 3 is 2.57 bits per heavy atom. The van der Waals surface area contributed by atoms with Gasteiger partial charge < -0.3 is 18.9 Å². The number of rotatable bonds is 11. The van der Waals surface area contributed by atoms with Gasteiger partial charge in [0.25, 0.3) is 5.91 Å². The lowest BCUT2D eigenvalue weighted by Crippen LogP contribution is -2.33. The van der Waals surface area contributed by atoms with E-state index in [4.69, 9.17) is 9.47 Å². The molecule has 1 aliphatic rings. The Balaban J connectivity index is 1.63. The van der Waals surface area contributed by atoms with Crippen LogP contribution in [0.2, 0.25) is 0 Å². The maximum atomic E-state index is 13.3. The number of hydrogen-bond donors (Lipinski definition) is 0. The van der Waals surface area contributed by atoms with Crippen LogP contribution in [-0.2, 0) is 33.4 Å². The smallest absolute Gasteiger partial charge is 0.254 e. The van der Waals surface area contributed by atoms with Crippen molar-refractivity contribution in [3.8, 4) is 5.75 Å². The largest absolute Gasteiger partial charge is 0.497 e. The van der Waals surface area contributed by atoms with Gasteiger partial charge in [0.1, 0.15) is 11.6 Å². The highest BCUT2D eigenvalue weighted by atomic mass is 32.2. The molecule has 1 fully saturated rings. The van der Waals surface area contributed by atoms with Crippen LogP contribution in [0.3, 0.4) is 0 Å². The first-order valence-electron chi connectivity index (χ1n) is 11.3. The molecule has 0 saturated heterocycles. The summed E-state index contributed by atoms with van der Waals surface area (Å²) in [6.07, 6.45) is 3.22. The van der Waals surface area contributed by atoms with Crippen molar-refractivity contribution in [3.05, 3.63) is 77.4 Å². The first-order valence-corrected chi connectivity index (χ1v) is 12.9. The second-order valence-corrected chi connectivity index (χ2v) is 10.3. The fraction of sp³-hybridized carbons (Fsp3) is 0.360. The van der Waals surface area contributed by atoms with E-state index in [0.29, 0.717) is 22.6 Å². The molecule has 0 atom stereocenters. The average molecular weight is 502 g/mol. The van der Waals surface area contributed by atoms with Gasteiger partial charge in [-0.1, -0.05) is 12.1 Å². The zero-order chi connectivity index (χ0) is 25.0. The van der Waals surface area contributed by atoms with Crippen molar-refractivity contribution in [1.82, 2.24) is 14.5 Å². The Hall–Kier alpha value is -3.24. The Kier molecular flexibility index (Phi) is 7.51. The third-order valence-corrected chi connectivity index (χ3v) is 7.46. The van der Waals surface area contributed by atoms with E-state index in [2.05, 4.69) is 4.98 Å². The summed E-state index contributed by atoms with van der Waals surface area (Å²) in [5.74, 6) is -0.314. The fourth-order valence-electron chi connectivity index (χ4n) is 3.92. The van der Waals surface area contributed by atoms with Gasteiger partial charge in [-0.25, -0.2) is 17.8 Å². The van der Waals surface area contributed by atoms with Crippen LogP contribution in [-0.4, -0.2) is 55.6 Å². The molecular weight excluding hydrogens is 473 g/mol. The highest BCUT2D eigenvalue weighted by Crippen LogP contribution is 2.31. The van der Waals surface area contributed by atoms with Crippen LogP contribution in [0.5, 0.6) is 5.75 Å². The van der Waals surface area contributed by atoms with Crippen LogP contribution >= 0.6 is 0 Å². The molecule has 35 heavy (non-hydrogen) atoms.